The Labute approximate surface area is 160 Å². The maximum atomic E-state index is 13.3. The van der Waals surface area contributed by atoms with Crippen LogP contribution in [-0.4, -0.2) is 57.3 Å². The van der Waals surface area contributed by atoms with Crippen LogP contribution in [0.3, 0.4) is 0 Å². The second-order valence-electron chi connectivity index (χ2n) is 5.99. The zero-order valence-electron chi connectivity index (χ0n) is 13.7. The Hall–Kier alpha value is -2.17. The molecule has 142 valence electrons. The van der Waals surface area contributed by atoms with Gasteiger partial charge in [-0.2, -0.15) is 18.3 Å². The van der Waals surface area contributed by atoms with Crippen LogP contribution in [0.25, 0.3) is 16.8 Å². The zero-order chi connectivity index (χ0) is 19.2. The molecule has 0 spiro atoms. The molecule has 1 atom stereocenters. The van der Waals surface area contributed by atoms with Crippen molar-refractivity contribution in [1.29, 1.82) is 0 Å². The van der Waals surface area contributed by atoms with Crippen LogP contribution < -0.4 is 5.32 Å². The molecular formula is C16H13ClF3N5OS. The van der Waals surface area contributed by atoms with Gasteiger partial charge >= 0.3 is 6.18 Å². The first kappa shape index (κ1) is 18.2. The molecule has 1 saturated heterocycles. The van der Waals surface area contributed by atoms with Crippen LogP contribution in [0.1, 0.15) is 9.80 Å². The van der Waals surface area contributed by atoms with Gasteiger partial charge in [0.05, 0.1) is 11.7 Å². The highest BCUT2D eigenvalue weighted by molar-refractivity contribution is 7.18. The number of hydrogen-bond acceptors (Lipinski definition) is 5. The number of alkyl halides is 3. The van der Waals surface area contributed by atoms with E-state index in [-0.39, 0.29) is 22.4 Å². The van der Waals surface area contributed by atoms with Crippen molar-refractivity contribution in [3.63, 3.8) is 0 Å². The normalized spacial score (nSPS) is 18.2. The van der Waals surface area contributed by atoms with E-state index in [1.54, 1.807) is 16.9 Å². The Balaban J connectivity index is 1.69. The van der Waals surface area contributed by atoms with E-state index in [2.05, 4.69) is 15.4 Å². The summed E-state index contributed by atoms with van der Waals surface area (Å²) in [6, 6.07) is 3.56. The summed E-state index contributed by atoms with van der Waals surface area (Å²) in [6.45, 7) is -0.0974. The van der Waals surface area contributed by atoms with Crippen LogP contribution in [0.15, 0.2) is 30.6 Å². The Morgan fingerprint density at radius 1 is 1.37 bits per heavy atom. The van der Waals surface area contributed by atoms with Crippen molar-refractivity contribution >= 4 is 34.4 Å². The van der Waals surface area contributed by atoms with E-state index >= 15 is 0 Å². The Bertz CT molecular complexity index is 1000. The summed E-state index contributed by atoms with van der Waals surface area (Å²) in [5.41, 5.74) is 1.69. The van der Waals surface area contributed by atoms with E-state index < -0.39 is 18.1 Å². The molecule has 27 heavy (non-hydrogen) atoms. The molecule has 0 aromatic carbocycles. The number of piperazine rings is 1. The molecule has 11 heteroatoms. The van der Waals surface area contributed by atoms with Crippen LogP contribution in [0.4, 0.5) is 13.2 Å². The monoisotopic (exact) mass is 415 g/mol. The van der Waals surface area contributed by atoms with Crippen molar-refractivity contribution in [2.75, 3.05) is 19.6 Å². The first-order valence-corrected chi connectivity index (χ1v) is 9.23. The van der Waals surface area contributed by atoms with Gasteiger partial charge < -0.3 is 10.2 Å². The van der Waals surface area contributed by atoms with Gasteiger partial charge in [-0.05, 0) is 12.1 Å². The molecule has 0 saturated carbocycles. The minimum atomic E-state index is -4.52. The summed E-state index contributed by atoms with van der Waals surface area (Å²) in [7, 11) is 0. The Morgan fingerprint density at radius 3 is 2.96 bits per heavy atom. The number of hydrogen-bond donors (Lipinski definition) is 1. The summed E-state index contributed by atoms with van der Waals surface area (Å²) in [6.07, 6.45) is -1.21. The molecule has 0 radical (unpaired) electrons. The smallest absolute Gasteiger partial charge is 0.322 e. The number of pyridine rings is 1. The Kier molecular flexibility index (Phi) is 4.57. The summed E-state index contributed by atoms with van der Waals surface area (Å²) in [4.78, 5) is 17.8. The predicted molar refractivity (Wildman–Crippen MR) is 95.1 cm³/mol. The molecule has 6 nitrogen and oxygen atoms in total. The van der Waals surface area contributed by atoms with E-state index in [1.165, 1.54) is 0 Å². The van der Waals surface area contributed by atoms with Crippen LogP contribution in [0.5, 0.6) is 0 Å². The van der Waals surface area contributed by atoms with Crippen LogP contribution in [0.2, 0.25) is 4.34 Å². The third kappa shape index (κ3) is 3.28. The lowest BCUT2D eigenvalue weighted by molar-refractivity contribution is -0.179. The molecule has 1 unspecified atom stereocenters. The van der Waals surface area contributed by atoms with E-state index in [0.29, 0.717) is 17.8 Å². The molecule has 3 aromatic rings. The highest BCUT2D eigenvalue weighted by atomic mass is 35.5. The zero-order valence-corrected chi connectivity index (χ0v) is 15.3. The van der Waals surface area contributed by atoms with E-state index in [9.17, 15) is 18.0 Å². The average molecular weight is 416 g/mol. The molecule has 4 heterocycles. The van der Waals surface area contributed by atoms with Gasteiger partial charge in [0.15, 0.2) is 5.01 Å². The molecule has 1 aliphatic rings. The summed E-state index contributed by atoms with van der Waals surface area (Å²) < 4.78 is 41.6. The van der Waals surface area contributed by atoms with Crippen molar-refractivity contribution in [3.05, 3.63) is 39.9 Å². The summed E-state index contributed by atoms with van der Waals surface area (Å²) >= 11 is 7.13. The van der Waals surface area contributed by atoms with E-state index in [1.807, 2.05) is 18.2 Å². The maximum Gasteiger partial charge on any atom is 0.410 e. The number of nitrogens with one attached hydrogen (secondary N) is 1. The highest BCUT2D eigenvalue weighted by Crippen LogP contribution is 2.36. The molecule has 0 bridgehead atoms. The Morgan fingerprint density at radius 2 is 2.19 bits per heavy atom. The van der Waals surface area contributed by atoms with Crippen molar-refractivity contribution < 1.29 is 18.0 Å². The van der Waals surface area contributed by atoms with Crippen LogP contribution >= 0.6 is 22.9 Å². The van der Waals surface area contributed by atoms with Gasteiger partial charge in [-0.3, -0.25) is 4.79 Å². The average Bonchev–Trinajstić information content (AvgIpc) is 3.23. The maximum absolute atomic E-state index is 13.3. The predicted octanol–water partition coefficient (Wildman–Crippen LogP) is 3.09. The van der Waals surface area contributed by atoms with Gasteiger partial charge in [0.2, 0.25) is 0 Å². The number of fused-ring (bicyclic) bond motifs is 1. The number of carbonyl (C=O) groups excluding carboxylic acids is 1. The highest BCUT2D eigenvalue weighted by Gasteiger charge is 2.47. The number of amides is 1. The standard InChI is InChI=1S/C16H13ClF3N5OS/c17-13-12(9-7-22-25-5-2-1-3-10(9)25)23-14(27-13)15(26)24-6-4-21-8-11(24)16(18,19)20/h1-3,5,7,11,21H,4,6,8H2. The fourth-order valence-electron chi connectivity index (χ4n) is 3.04. The molecule has 1 N–H and O–H groups in total. The summed E-state index contributed by atoms with van der Waals surface area (Å²) in [5, 5.41) is 6.80. The van der Waals surface area contributed by atoms with Gasteiger partial charge in [0, 0.05) is 31.4 Å². The second-order valence-corrected chi connectivity index (χ2v) is 7.59. The fraction of sp³-hybridized carbons (Fsp3) is 0.312. The number of nitrogens with zero attached hydrogens (tertiary/aromatic N) is 4. The van der Waals surface area contributed by atoms with Gasteiger partial charge in [-0.1, -0.05) is 29.0 Å². The molecule has 1 amide bonds. The SMILES string of the molecule is O=C(c1nc(-c2cnn3ccccc23)c(Cl)s1)N1CCNCC1C(F)(F)F. The summed E-state index contributed by atoms with van der Waals surface area (Å²) in [5.74, 6) is -0.770. The van der Waals surface area contributed by atoms with Gasteiger partial charge in [0.25, 0.3) is 5.91 Å². The molecule has 1 fully saturated rings. The molecule has 0 aliphatic carbocycles. The van der Waals surface area contributed by atoms with Crippen molar-refractivity contribution in [2.45, 2.75) is 12.2 Å². The second kappa shape index (κ2) is 6.77. The largest absolute Gasteiger partial charge is 0.410 e. The number of halogens is 4. The molecule has 4 rings (SSSR count). The molecular weight excluding hydrogens is 403 g/mol. The minimum absolute atomic E-state index is 0.0493. The number of aromatic nitrogens is 3. The number of rotatable bonds is 2. The lowest BCUT2D eigenvalue weighted by Crippen LogP contribution is -2.59. The fourth-order valence-corrected chi connectivity index (χ4v) is 4.17. The van der Waals surface area contributed by atoms with Gasteiger partial charge in [-0.15, -0.1) is 0 Å². The molecule has 1 aliphatic heterocycles. The van der Waals surface area contributed by atoms with Gasteiger partial charge in [0.1, 0.15) is 16.1 Å². The first-order valence-electron chi connectivity index (χ1n) is 8.03. The lowest BCUT2D eigenvalue weighted by Gasteiger charge is -2.36. The van der Waals surface area contributed by atoms with Crippen LogP contribution in [-0.2, 0) is 0 Å². The third-order valence-corrected chi connectivity index (χ3v) is 5.57. The van der Waals surface area contributed by atoms with Crippen molar-refractivity contribution in [3.8, 4) is 11.3 Å². The third-order valence-electron chi connectivity index (χ3n) is 4.33. The number of thiazole rings is 1. The minimum Gasteiger partial charge on any atom is -0.322 e. The first-order chi connectivity index (χ1) is 12.9. The van der Waals surface area contributed by atoms with Crippen molar-refractivity contribution in [1.82, 2.24) is 24.8 Å². The lowest BCUT2D eigenvalue weighted by atomic mass is 10.2. The van der Waals surface area contributed by atoms with E-state index in [4.69, 9.17) is 11.6 Å². The van der Waals surface area contributed by atoms with Crippen molar-refractivity contribution in [2.24, 2.45) is 0 Å². The van der Waals surface area contributed by atoms with Gasteiger partial charge in [-0.25, -0.2) is 9.50 Å². The van der Waals surface area contributed by atoms with E-state index in [0.717, 1.165) is 21.8 Å². The molecule has 3 aromatic heterocycles. The number of carbonyl (C=O) groups is 1. The van der Waals surface area contributed by atoms with Crippen LogP contribution in [0, 0.1) is 0 Å². The quantitative estimate of drug-likeness (QED) is 0.698. The topological polar surface area (TPSA) is 62.5 Å².